The first kappa shape index (κ1) is 15.5. The van der Waals surface area contributed by atoms with Gasteiger partial charge in [-0.15, -0.1) is 5.02 Å². The van der Waals surface area contributed by atoms with E-state index in [-0.39, 0.29) is 17.1 Å². The van der Waals surface area contributed by atoms with Gasteiger partial charge < -0.3 is 0 Å². The van der Waals surface area contributed by atoms with Crippen LogP contribution in [0.4, 0.5) is 0 Å². The van der Waals surface area contributed by atoms with Gasteiger partial charge in [0.05, 0.1) is 0 Å². The molecule has 2 aromatic rings. The molecule has 0 bridgehead atoms. The van der Waals surface area contributed by atoms with Crippen LogP contribution in [0, 0.1) is 0 Å². The number of unbranched alkanes of at least 4 members (excludes halogenated alkanes) is 1. The smallest absolute Gasteiger partial charge is 0.214 e. The molecule has 2 aromatic carbocycles. The molecule has 2 rings (SSSR count). The second kappa shape index (κ2) is 9.72. The molecule has 0 amide bonds. The fourth-order valence-corrected chi connectivity index (χ4v) is 1.52. The molecule has 0 aliphatic carbocycles. The van der Waals surface area contributed by atoms with E-state index in [2.05, 4.69) is 13.0 Å². The van der Waals surface area contributed by atoms with Gasteiger partial charge in [-0.25, -0.2) is 12.1 Å². The molecule has 0 N–H and O–H groups in total. The summed E-state index contributed by atoms with van der Waals surface area (Å²) in [5.41, 5.74) is 1.37. The quantitative estimate of drug-likeness (QED) is 0.558. The zero-order valence-corrected chi connectivity index (χ0v) is 11.3. The van der Waals surface area contributed by atoms with Crippen molar-refractivity contribution in [3.63, 3.8) is 0 Å². The minimum Gasteiger partial charge on any atom is -0.214 e. The molecule has 0 saturated heterocycles. The van der Waals surface area contributed by atoms with Gasteiger partial charge in [0.2, 0.25) is 0 Å². The summed E-state index contributed by atoms with van der Waals surface area (Å²) in [6, 6.07) is 16.1. The number of hydrogen-bond acceptors (Lipinski definition) is 0. The van der Waals surface area contributed by atoms with Crippen LogP contribution >= 0.6 is 11.6 Å². The van der Waals surface area contributed by atoms with Crippen LogP contribution in [0.3, 0.4) is 0 Å². The van der Waals surface area contributed by atoms with E-state index in [1.807, 2.05) is 42.5 Å². The van der Waals surface area contributed by atoms with Gasteiger partial charge in [0, 0.05) is 0 Å². The fraction of sp³-hybridized carbons (Fsp3) is 0.286. The first-order valence-electron chi connectivity index (χ1n) is 5.40. The standard InChI is InChI=1S/C9H12Cl.C5H5.Fe/c1-2-3-4-8-5-6-9(10)7-8;1-2-4-5-3-1;/h5-7H,2-4H2,1H3;1-5H;/q2*-1;+2. The summed E-state index contributed by atoms with van der Waals surface area (Å²) in [7, 11) is 0. The van der Waals surface area contributed by atoms with E-state index >= 15 is 0 Å². The van der Waals surface area contributed by atoms with Gasteiger partial charge in [-0.1, -0.05) is 26.2 Å². The van der Waals surface area contributed by atoms with Crippen LogP contribution in [0.25, 0.3) is 0 Å². The normalized spacial score (nSPS) is 8.88. The van der Waals surface area contributed by atoms with Crippen LogP contribution in [-0.2, 0) is 23.5 Å². The first-order valence-corrected chi connectivity index (χ1v) is 5.78. The van der Waals surface area contributed by atoms with Crippen molar-refractivity contribution in [2.75, 3.05) is 0 Å². The van der Waals surface area contributed by atoms with Gasteiger partial charge in [0.1, 0.15) is 0 Å². The van der Waals surface area contributed by atoms with Crippen molar-refractivity contribution < 1.29 is 17.1 Å². The van der Waals surface area contributed by atoms with E-state index in [4.69, 9.17) is 11.6 Å². The number of rotatable bonds is 3. The van der Waals surface area contributed by atoms with Crippen LogP contribution in [0.2, 0.25) is 5.02 Å². The van der Waals surface area contributed by atoms with Crippen molar-refractivity contribution in [1.29, 1.82) is 0 Å². The average molecular weight is 277 g/mol. The Hall–Kier alpha value is -0.491. The van der Waals surface area contributed by atoms with E-state index in [1.165, 1.54) is 24.8 Å². The van der Waals surface area contributed by atoms with E-state index in [0.29, 0.717) is 0 Å². The van der Waals surface area contributed by atoms with E-state index in [1.54, 1.807) is 0 Å². The molecular weight excluding hydrogens is 259 g/mol. The van der Waals surface area contributed by atoms with Crippen LogP contribution in [-0.4, -0.2) is 0 Å². The van der Waals surface area contributed by atoms with E-state index < -0.39 is 0 Å². The monoisotopic (exact) mass is 276 g/mol. The molecule has 0 aliphatic rings. The number of halogens is 1. The van der Waals surface area contributed by atoms with Gasteiger partial charge in [0.15, 0.2) is 0 Å². The first-order chi connectivity index (χ1) is 7.33. The van der Waals surface area contributed by atoms with Crippen molar-refractivity contribution >= 4 is 11.6 Å². The molecule has 88 valence electrons. The molecule has 0 nitrogen and oxygen atoms in total. The average Bonchev–Trinajstić information content (AvgIpc) is 2.88. The molecule has 2 heteroatoms. The predicted molar refractivity (Wildman–Crippen MR) is 67.7 cm³/mol. The third kappa shape index (κ3) is 6.90. The largest absolute Gasteiger partial charge is 2.00 e. The Kier molecular flexibility index (Phi) is 9.42. The summed E-state index contributed by atoms with van der Waals surface area (Å²) < 4.78 is 0. The Morgan fingerprint density at radius 1 is 1.25 bits per heavy atom. The van der Waals surface area contributed by atoms with Crippen LogP contribution in [0.15, 0.2) is 48.5 Å². The molecule has 0 spiro atoms. The molecule has 16 heavy (non-hydrogen) atoms. The van der Waals surface area contributed by atoms with E-state index in [9.17, 15) is 0 Å². The Bertz CT molecular complexity index is 318. The van der Waals surface area contributed by atoms with Crippen LogP contribution in [0.5, 0.6) is 0 Å². The predicted octanol–water partition coefficient (Wildman–Crippen LogP) is 4.80. The van der Waals surface area contributed by atoms with Crippen molar-refractivity contribution in [2.45, 2.75) is 26.2 Å². The number of hydrogen-bond donors (Lipinski definition) is 0. The SMILES string of the molecule is CCCCc1cc(Cl)c[cH-]1.[Fe+2].c1cc[cH-]c1. The molecule has 0 unspecified atom stereocenters. The van der Waals surface area contributed by atoms with Gasteiger partial charge in [-0.05, 0) is 0 Å². The molecule has 0 radical (unpaired) electrons. The maximum atomic E-state index is 5.74. The summed E-state index contributed by atoms with van der Waals surface area (Å²) in [5, 5.41) is 0.867. The van der Waals surface area contributed by atoms with Crippen LogP contribution in [0.1, 0.15) is 25.3 Å². The van der Waals surface area contributed by atoms with Crippen molar-refractivity contribution in [2.24, 2.45) is 0 Å². The summed E-state index contributed by atoms with van der Waals surface area (Å²) in [5.74, 6) is 0. The Labute approximate surface area is 114 Å². The molecule has 0 heterocycles. The maximum absolute atomic E-state index is 5.74. The Morgan fingerprint density at radius 2 is 1.94 bits per heavy atom. The Balaban J connectivity index is 0.000000318. The maximum Gasteiger partial charge on any atom is 2.00 e. The zero-order chi connectivity index (χ0) is 10.9. The Morgan fingerprint density at radius 3 is 2.31 bits per heavy atom. The third-order valence-corrected chi connectivity index (χ3v) is 2.39. The summed E-state index contributed by atoms with van der Waals surface area (Å²) in [6.07, 6.45) is 3.69. The second-order valence-electron chi connectivity index (χ2n) is 3.50. The molecule has 0 fully saturated rings. The molecule has 0 atom stereocenters. The zero-order valence-electron chi connectivity index (χ0n) is 9.47. The topological polar surface area (TPSA) is 0 Å². The molecule has 0 saturated carbocycles. The third-order valence-electron chi connectivity index (χ3n) is 2.15. The van der Waals surface area contributed by atoms with Gasteiger partial charge in [-0.2, -0.15) is 53.6 Å². The van der Waals surface area contributed by atoms with Gasteiger partial charge in [0.25, 0.3) is 0 Å². The summed E-state index contributed by atoms with van der Waals surface area (Å²) in [6.45, 7) is 2.20. The van der Waals surface area contributed by atoms with Crippen molar-refractivity contribution in [1.82, 2.24) is 0 Å². The number of aryl methyl sites for hydroxylation is 1. The van der Waals surface area contributed by atoms with Crippen molar-refractivity contribution in [3.8, 4) is 0 Å². The second-order valence-corrected chi connectivity index (χ2v) is 3.94. The van der Waals surface area contributed by atoms with Gasteiger partial charge >= 0.3 is 17.1 Å². The van der Waals surface area contributed by atoms with Gasteiger partial charge in [-0.3, -0.25) is 0 Å². The minimum atomic E-state index is 0. The van der Waals surface area contributed by atoms with Crippen LogP contribution < -0.4 is 0 Å². The summed E-state index contributed by atoms with van der Waals surface area (Å²) >= 11 is 5.74. The molecular formula is C14H17ClFe. The minimum absolute atomic E-state index is 0. The summed E-state index contributed by atoms with van der Waals surface area (Å²) in [4.78, 5) is 0. The fourth-order valence-electron chi connectivity index (χ4n) is 1.32. The molecule has 0 aromatic heterocycles. The van der Waals surface area contributed by atoms with E-state index in [0.717, 1.165) is 5.02 Å². The van der Waals surface area contributed by atoms with Crippen molar-refractivity contribution in [3.05, 3.63) is 59.1 Å². The molecule has 0 aliphatic heterocycles.